The monoisotopic (exact) mass is 380 g/mol. The molecule has 0 aliphatic carbocycles. The highest BCUT2D eigenvalue weighted by Crippen LogP contribution is 2.30. The van der Waals surface area contributed by atoms with Gasteiger partial charge >= 0.3 is 0 Å². The zero-order valence-electron chi connectivity index (χ0n) is 10.3. The van der Waals surface area contributed by atoms with Crippen molar-refractivity contribution in [3.63, 3.8) is 0 Å². The molecule has 3 N–H and O–H groups in total. The maximum absolute atomic E-state index is 5.80. The van der Waals surface area contributed by atoms with Crippen molar-refractivity contribution in [3.05, 3.63) is 21.0 Å². The number of nitrogens with one attached hydrogen (secondary N) is 1. The van der Waals surface area contributed by atoms with Gasteiger partial charge < -0.3 is 20.2 Å². The molecule has 4 nitrogen and oxygen atoms in total. The summed E-state index contributed by atoms with van der Waals surface area (Å²) in [4.78, 5) is 0. The molecule has 18 heavy (non-hydrogen) atoms. The molecule has 2 unspecified atom stereocenters. The summed E-state index contributed by atoms with van der Waals surface area (Å²) < 4.78 is 12.9. The normalized spacial score (nSPS) is 25.6. The minimum Gasteiger partial charge on any atom is -0.451 e. The molecule has 1 aliphatic rings. The summed E-state index contributed by atoms with van der Waals surface area (Å²) in [6.07, 6.45) is 2.21. The van der Waals surface area contributed by atoms with Crippen molar-refractivity contribution >= 4 is 31.9 Å². The quantitative estimate of drug-likeness (QED) is 0.823. The van der Waals surface area contributed by atoms with Gasteiger partial charge in [-0.25, -0.2) is 0 Å². The van der Waals surface area contributed by atoms with Gasteiger partial charge in [0.1, 0.15) is 5.76 Å². The Morgan fingerprint density at radius 2 is 2.33 bits per heavy atom. The molecular formula is C12H18Br2N2O2. The predicted molar refractivity (Wildman–Crippen MR) is 77.5 cm³/mol. The lowest BCUT2D eigenvalue weighted by molar-refractivity contribution is 0.0184. The Bertz CT molecular complexity index is 383. The van der Waals surface area contributed by atoms with E-state index < -0.39 is 0 Å². The molecule has 0 aromatic carbocycles. The van der Waals surface area contributed by atoms with Crippen molar-refractivity contribution in [2.24, 2.45) is 5.73 Å². The molecule has 1 aliphatic heterocycles. The molecule has 0 radical (unpaired) electrons. The maximum Gasteiger partial charge on any atom is 0.183 e. The molecule has 102 valence electrons. The van der Waals surface area contributed by atoms with Crippen LogP contribution in [0.5, 0.6) is 0 Å². The van der Waals surface area contributed by atoms with E-state index in [0.717, 1.165) is 36.2 Å². The third-order valence-electron chi connectivity index (χ3n) is 3.27. The van der Waals surface area contributed by atoms with Gasteiger partial charge in [-0.05, 0) is 57.7 Å². The minimum atomic E-state index is -0.0749. The van der Waals surface area contributed by atoms with Crippen molar-refractivity contribution in [1.29, 1.82) is 0 Å². The van der Waals surface area contributed by atoms with E-state index in [1.165, 1.54) is 0 Å². The highest BCUT2D eigenvalue weighted by Gasteiger charge is 2.30. The van der Waals surface area contributed by atoms with Crippen LogP contribution in [0.15, 0.2) is 19.6 Å². The van der Waals surface area contributed by atoms with Crippen molar-refractivity contribution in [1.82, 2.24) is 5.32 Å². The Morgan fingerprint density at radius 3 is 2.83 bits per heavy atom. The molecule has 6 heteroatoms. The van der Waals surface area contributed by atoms with Crippen LogP contribution in [0, 0.1) is 0 Å². The van der Waals surface area contributed by atoms with E-state index in [9.17, 15) is 0 Å². The van der Waals surface area contributed by atoms with Gasteiger partial charge in [0, 0.05) is 19.7 Å². The number of halogens is 2. The smallest absolute Gasteiger partial charge is 0.183 e. The van der Waals surface area contributed by atoms with Crippen molar-refractivity contribution < 1.29 is 9.15 Å². The number of rotatable bonds is 5. The Labute approximate surface area is 124 Å². The summed E-state index contributed by atoms with van der Waals surface area (Å²) in [5.41, 5.74) is 5.72. The zero-order chi connectivity index (χ0) is 13.2. The summed E-state index contributed by atoms with van der Waals surface area (Å²) in [5.74, 6) is 0.831. The number of nitrogens with two attached hydrogens (primary N) is 1. The Balaban J connectivity index is 1.97. The third-order valence-corrected chi connectivity index (χ3v) is 4.98. The second kappa shape index (κ2) is 6.05. The van der Waals surface area contributed by atoms with Crippen LogP contribution < -0.4 is 11.1 Å². The van der Waals surface area contributed by atoms with Crippen molar-refractivity contribution in [3.8, 4) is 0 Å². The molecule has 0 saturated carbocycles. The van der Waals surface area contributed by atoms with Crippen LogP contribution in [0.25, 0.3) is 0 Å². The van der Waals surface area contributed by atoms with Gasteiger partial charge in [-0.2, -0.15) is 0 Å². The fourth-order valence-corrected chi connectivity index (χ4v) is 2.76. The zero-order valence-corrected chi connectivity index (χ0v) is 13.5. The van der Waals surface area contributed by atoms with Crippen LogP contribution in [0.3, 0.4) is 0 Å². The SMILES string of the molecule is CC1(CNC(CN)c2cc(Br)c(Br)o2)CCCO1. The molecule has 2 rings (SSSR count). The average Bonchev–Trinajstić information content (AvgIpc) is 2.89. The second-order valence-corrected chi connectivity index (χ2v) is 6.42. The van der Waals surface area contributed by atoms with E-state index in [1.54, 1.807) is 0 Å². The molecule has 0 spiro atoms. The predicted octanol–water partition coefficient (Wildman–Crippen LogP) is 2.96. The lowest BCUT2D eigenvalue weighted by Gasteiger charge is -2.26. The van der Waals surface area contributed by atoms with Crippen LogP contribution in [-0.2, 0) is 4.74 Å². The van der Waals surface area contributed by atoms with Gasteiger partial charge in [0.15, 0.2) is 4.67 Å². The van der Waals surface area contributed by atoms with Gasteiger partial charge in [-0.1, -0.05) is 0 Å². The van der Waals surface area contributed by atoms with Crippen LogP contribution >= 0.6 is 31.9 Å². The third kappa shape index (κ3) is 3.36. The topological polar surface area (TPSA) is 60.4 Å². The standard InChI is InChI=1S/C12H18Br2N2O2/c1-12(3-2-4-17-12)7-16-9(6-15)10-5-8(13)11(14)18-10/h5,9,16H,2-4,6-7,15H2,1H3. The van der Waals surface area contributed by atoms with Crippen LogP contribution in [0.1, 0.15) is 31.6 Å². The van der Waals surface area contributed by atoms with Gasteiger partial charge in [-0.15, -0.1) is 0 Å². The van der Waals surface area contributed by atoms with E-state index >= 15 is 0 Å². The highest BCUT2D eigenvalue weighted by molar-refractivity contribution is 9.13. The maximum atomic E-state index is 5.80. The summed E-state index contributed by atoms with van der Waals surface area (Å²) in [6.45, 7) is 4.26. The van der Waals surface area contributed by atoms with Crippen LogP contribution in [0.4, 0.5) is 0 Å². The molecule has 0 bridgehead atoms. The molecule has 1 aromatic heterocycles. The van der Waals surface area contributed by atoms with E-state index in [4.69, 9.17) is 14.9 Å². The Morgan fingerprint density at radius 1 is 1.56 bits per heavy atom. The second-order valence-electron chi connectivity index (χ2n) is 4.84. The molecular weight excluding hydrogens is 364 g/mol. The summed E-state index contributed by atoms with van der Waals surface area (Å²) >= 11 is 6.74. The summed E-state index contributed by atoms with van der Waals surface area (Å²) in [5, 5.41) is 3.42. The number of hydrogen-bond acceptors (Lipinski definition) is 4. The molecule has 1 fully saturated rings. The van der Waals surface area contributed by atoms with Gasteiger partial charge in [0.2, 0.25) is 0 Å². The Kier molecular flexibility index (Phi) is 4.88. The largest absolute Gasteiger partial charge is 0.451 e. The first kappa shape index (κ1) is 14.5. The number of hydrogen-bond donors (Lipinski definition) is 2. The molecule has 2 heterocycles. The van der Waals surface area contributed by atoms with Crippen LogP contribution in [0.2, 0.25) is 0 Å². The van der Waals surface area contributed by atoms with Gasteiger partial charge in [0.25, 0.3) is 0 Å². The van der Waals surface area contributed by atoms with E-state index in [1.807, 2.05) is 6.07 Å². The first-order chi connectivity index (χ1) is 8.54. The fraction of sp³-hybridized carbons (Fsp3) is 0.667. The van der Waals surface area contributed by atoms with Crippen molar-refractivity contribution in [2.45, 2.75) is 31.4 Å². The number of furan rings is 1. The molecule has 1 saturated heterocycles. The summed E-state index contributed by atoms with van der Waals surface area (Å²) in [7, 11) is 0. The Hall–Kier alpha value is 0.120. The summed E-state index contributed by atoms with van der Waals surface area (Å²) in [6, 6.07) is 1.94. The lowest BCUT2D eigenvalue weighted by atomic mass is 10.0. The first-order valence-corrected chi connectivity index (χ1v) is 7.65. The molecule has 1 aromatic rings. The van der Waals surface area contributed by atoms with Gasteiger partial charge in [0.05, 0.1) is 16.1 Å². The van der Waals surface area contributed by atoms with E-state index in [2.05, 4.69) is 44.1 Å². The average molecular weight is 382 g/mol. The fourth-order valence-electron chi connectivity index (χ4n) is 2.15. The van der Waals surface area contributed by atoms with Gasteiger partial charge in [-0.3, -0.25) is 0 Å². The van der Waals surface area contributed by atoms with Crippen LogP contribution in [-0.4, -0.2) is 25.3 Å². The number of ether oxygens (including phenoxy) is 1. The molecule has 2 atom stereocenters. The van der Waals surface area contributed by atoms with E-state index in [-0.39, 0.29) is 11.6 Å². The molecule has 0 amide bonds. The van der Waals surface area contributed by atoms with Crippen molar-refractivity contribution in [2.75, 3.05) is 19.7 Å². The minimum absolute atomic E-state index is 0.00799. The first-order valence-electron chi connectivity index (χ1n) is 6.06. The lowest BCUT2D eigenvalue weighted by Crippen LogP contribution is -2.40. The highest BCUT2D eigenvalue weighted by atomic mass is 79.9. The van der Waals surface area contributed by atoms with E-state index in [0.29, 0.717) is 11.2 Å².